The Labute approximate surface area is 109 Å². The average molecular weight is 299 g/mol. The van der Waals surface area contributed by atoms with E-state index in [0.29, 0.717) is 6.47 Å². The number of rotatable bonds is 4. The summed E-state index contributed by atoms with van der Waals surface area (Å²) in [5.74, 6) is 0. The summed E-state index contributed by atoms with van der Waals surface area (Å²) in [7, 11) is 0. The molecule has 1 aliphatic heterocycles. The Morgan fingerprint density at radius 1 is 1.41 bits per heavy atom. The number of carbonyl (C=O) groups is 1. The van der Waals surface area contributed by atoms with E-state index >= 15 is 0 Å². The zero-order valence-electron chi connectivity index (χ0n) is 9.47. The fourth-order valence-electron chi connectivity index (χ4n) is 2.13. The van der Waals surface area contributed by atoms with Crippen molar-refractivity contribution in [2.45, 2.75) is 31.5 Å². The molecule has 3 nitrogen and oxygen atoms in total. The molecule has 2 unspecified atom stereocenters. The highest BCUT2D eigenvalue weighted by Gasteiger charge is 2.28. The first-order chi connectivity index (χ1) is 8.33. The molecule has 1 aliphatic rings. The molecule has 1 heterocycles. The van der Waals surface area contributed by atoms with E-state index < -0.39 is 0 Å². The molecule has 0 saturated carbocycles. The summed E-state index contributed by atoms with van der Waals surface area (Å²) in [5, 5.41) is 0. The van der Waals surface area contributed by atoms with E-state index in [2.05, 4.69) is 15.9 Å². The van der Waals surface area contributed by atoms with E-state index in [4.69, 9.17) is 9.47 Å². The minimum Gasteiger partial charge on any atom is -0.457 e. The topological polar surface area (TPSA) is 35.5 Å². The number of halogens is 1. The van der Waals surface area contributed by atoms with Crippen LogP contribution in [0, 0.1) is 0 Å². The second-order valence-electron chi connectivity index (χ2n) is 4.08. The Morgan fingerprint density at radius 2 is 2.24 bits per heavy atom. The number of ether oxygens (including phenoxy) is 2. The highest BCUT2D eigenvalue weighted by atomic mass is 79.9. The molecule has 0 aliphatic carbocycles. The summed E-state index contributed by atoms with van der Waals surface area (Å²) >= 11 is 3.48. The summed E-state index contributed by atoms with van der Waals surface area (Å²) in [4.78, 5) is 10.6. The predicted octanol–water partition coefficient (Wildman–Crippen LogP) is 3.23. The third-order valence-electron chi connectivity index (χ3n) is 2.97. The minimum absolute atomic E-state index is 0.0346. The Morgan fingerprint density at radius 3 is 2.88 bits per heavy atom. The lowest BCUT2D eigenvalue weighted by molar-refractivity contribution is -0.146. The minimum atomic E-state index is -0.316. The van der Waals surface area contributed by atoms with Crippen molar-refractivity contribution in [1.29, 1.82) is 0 Å². The Bertz CT molecular complexity index is 375. The maximum absolute atomic E-state index is 10.6. The summed E-state index contributed by atoms with van der Waals surface area (Å²) < 4.78 is 11.9. The van der Waals surface area contributed by atoms with Gasteiger partial charge in [0.25, 0.3) is 6.47 Å². The van der Waals surface area contributed by atoms with Gasteiger partial charge in [-0.1, -0.05) is 34.1 Å². The number of benzene rings is 1. The van der Waals surface area contributed by atoms with Gasteiger partial charge in [-0.3, -0.25) is 4.79 Å². The van der Waals surface area contributed by atoms with Crippen molar-refractivity contribution in [3.8, 4) is 0 Å². The lowest BCUT2D eigenvalue weighted by Gasteiger charge is -2.29. The van der Waals surface area contributed by atoms with Gasteiger partial charge in [0.15, 0.2) is 6.10 Å². The molecule has 0 amide bonds. The second-order valence-corrected chi connectivity index (χ2v) is 4.93. The van der Waals surface area contributed by atoms with Gasteiger partial charge in [-0.05, 0) is 25.3 Å². The van der Waals surface area contributed by atoms with Crippen LogP contribution in [0.5, 0.6) is 0 Å². The van der Waals surface area contributed by atoms with Gasteiger partial charge in [-0.25, -0.2) is 0 Å². The van der Waals surface area contributed by atoms with E-state index in [9.17, 15) is 4.79 Å². The van der Waals surface area contributed by atoms with Crippen molar-refractivity contribution in [3.05, 3.63) is 34.3 Å². The van der Waals surface area contributed by atoms with Gasteiger partial charge in [0.05, 0.1) is 6.10 Å². The molecular weight excluding hydrogens is 284 g/mol. The van der Waals surface area contributed by atoms with Gasteiger partial charge in [0, 0.05) is 16.6 Å². The molecule has 2 rings (SSSR count). The first-order valence-corrected chi connectivity index (χ1v) is 6.57. The molecule has 4 heteroatoms. The van der Waals surface area contributed by atoms with Gasteiger partial charge in [-0.2, -0.15) is 0 Å². The molecule has 0 spiro atoms. The fraction of sp³-hybridized carbons (Fsp3) is 0.462. The lowest BCUT2D eigenvalue weighted by Crippen LogP contribution is -2.28. The van der Waals surface area contributed by atoms with Crippen molar-refractivity contribution >= 4 is 22.4 Å². The van der Waals surface area contributed by atoms with E-state index in [-0.39, 0.29) is 12.2 Å². The highest BCUT2D eigenvalue weighted by Crippen LogP contribution is 2.33. The van der Waals surface area contributed by atoms with Crippen molar-refractivity contribution < 1.29 is 14.3 Å². The molecular formula is C13H15BrO3. The molecule has 0 N–H and O–H groups in total. The van der Waals surface area contributed by atoms with Gasteiger partial charge < -0.3 is 9.47 Å². The van der Waals surface area contributed by atoms with Crippen LogP contribution in [-0.2, 0) is 14.3 Å². The van der Waals surface area contributed by atoms with Crippen LogP contribution in [0.1, 0.15) is 30.9 Å². The molecule has 0 bridgehead atoms. The highest BCUT2D eigenvalue weighted by molar-refractivity contribution is 9.10. The molecule has 1 saturated heterocycles. The maximum Gasteiger partial charge on any atom is 0.293 e. The Hall–Kier alpha value is -0.870. The second kappa shape index (κ2) is 6.17. The van der Waals surface area contributed by atoms with E-state index in [1.54, 1.807) is 0 Å². The molecule has 1 aromatic carbocycles. The maximum atomic E-state index is 10.6. The monoisotopic (exact) mass is 298 g/mol. The van der Waals surface area contributed by atoms with E-state index in [1.807, 2.05) is 24.3 Å². The van der Waals surface area contributed by atoms with Crippen LogP contribution in [0.3, 0.4) is 0 Å². The first kappa shape index (κ1) is 12.6. The normalized spacial score (nSPS) is 21.8. The van der Waals surface area contributed by atoms with Gasteiger partial charge in [0.2, 0.25) is 0 Å². The van der Waals surface area contributed by atoms with Crippen LogP contribution < -0.4 is 0 Å². The van der Waals surface area contributed by atoms with E-state index in [0.717, 1.165) is 35.9 Å². The average Bonchev–Trinajstić information content (AvgIpc) is 2.38. The Kier molecular flexibility index (Phi) is 4.57. The summed E-state index contributed by atoms with van der Waals surface area (Å²) in [5.41, 5.74) is 0.964. The van der Waals surface area contributed by atoms with Crippen molar-refractivity contribution in [1.82, 2.24) is 0 Å². The molecule has 2 atom stereocenters. The number of hydrogen-bond donors (Lipinski definition) is 0. The molecule has 17 heavy (non-hydrogen) atoms. The van der Waals surface area contributed by atoms with Crippen LogP contribution in [0.15, 0.2) is 28.7 Å². The van der Waals surface area contributed by atoms with Crippen molar-refractivity contribution in [2.75, 3.05) is 6.61 Å². The summed E-state index contributed by atoms with van der Waals surface area (Å²) in [6.07, 6.45) is 2.78. The van der Waals surface area contributed by atoms with Gasteiger partial charge in [0.1, 0.15) is 0 Å². The smallest absolute Gasteiger partial charge is 0.293 e. The molecule has 0 aromatic heterocycles. The van der Waals surface area contributed by atoms with Gasteiger partial charge in [-0.15, -0.1) is 0 Å². The van der Waals surface area contributed by atoms with E-state index in [1.165, 1.54) is 0 Å². The fourth-order valence-corrected chi connectivity index (χ4v) is 2.64. The largest absolute Gasteiger partial charge is 0.457 e. The summed E-state index contributed by atoms with van der Waals surface area (Å²) in [6.45, 7) is 1.25. The zero-order valence-corrected chi connectivity index (χ0v) is 11.1. The van der Waals surface area contributed by atoms with Crippen LogP contribution in [0.25, 0.3) is 0 Å². The predicted molar refractivity (Wildman–Crippen MR) is 67.6 cm³/mol. The third kappa shape index (κ3) is 3.07. The van der Waals surface area contributed by atoms with Crippen molar-refractivity contribution in [3.63, 3.8) is 0 Å². The SMILES string of the molecule is O=COC(c1ccccc1Br)C1CCCCO1. The van der Waals surface area contributed by atoms with Crippen LogP contribution >= 0.6 is 15.9 Å². The lowest BCUT2D eigenvalue weighted by atomic mass is 9.98. The van der Waals surface area contributed by atoms with Crippen LogP contribution in [-0.4, -0.2) is 19.2 Å². The molecule has 1 aromatic rings. The third-order valence-corrected chi connectivity index (χ3v) is 3.69. The number of hydrogen-bond acceptors (Lipinski definition) is 3. The first-order valence-electron chi connectivity index (χ1n) is 5.78. The quantitative estimate of drug-likeness (QED) is 0.801. The van der Waals surface area contributed by atoms with Crippen LogP contribution in [0.4, 0.5) is 0 Å². The molecule has 92 valence electrons. The molecule has 0 radical (unpaired) electrons. The Balaban J connectivity index is 2.21. The van der Waals surface area contributed by atoms with Crippen LogP contribution in [0.2, 0.25) is 0 Å². The molecule has 1 fully saturated rings. The summed E-state index contributed by atoms with van der Waals surface area (Å²) in [6, 6.07) is 7.77. The van der Waals surface area contributed by atoms with Crippen molar-refractivity contribution in [2.24, 2.45) is 0 Å². The van der Waals surface area contributed by atoms with Gasteiger partial charge >= 0.3 is 0 Å². The number of carbonyl (C=O) groups excluding carboxylic acids is 1. The standard InChI is InChI=1S/C13H15BrO3/c14-11-6-2-1-5-10(11)13(17-9-15)12-7-3-4-8-16-12/h1-2,5-6,9,12-13H,3-4,7-8H2. The zero-order chi connectivity index (χ0) is 12.1.